The first-order valence-electron chi connectivity index (χ1n) is 7.78. The molecule has 0 aromatic carbocycles. The number of guanidine groups is 1. The molecule has 0 aliphatic rings. The molecule has 0 fully saturated rings. The third kappa shape index (κ3) is 6.60. The summed E-state index contributed by atoms with van der Waals surface area (Å²) in [5.41, 5.74) is 0.885. The molecule has 124 valence electrons. The van der Waals surface area contributed by atoms with Crippen LogP contribution < -0.4 is 16.0 Å². The first-order chi connectivity index (χ1) is 10.6. The Morgan fingerprint density at radius 3 is 2.55 bits per heavy atom. The SMILES string of the molecule is CCCNC(=O)CCNC(=NCc1nc(C)c(C)o1)NCC. The van der Waals surface area contributed by atoms with Gasteiger partial charge in [0.15, 0.2) is 5.96 Å². The van der Waals surface area contributed by atoms with Crippen molar-refractivity contribution in [1.29, 1.82) is 0 Å². The molecule has 7 nitrogen and oxygen atoms in total. The van der Waals surface area contributed by atoms with Gasteiger partial charge in [-0.1, -0.05) is 6.92 Å². The number of rotatable bonds is 8. The number of aliphatic imine (C=N–C) groups is 1. The van der Waals surface area contributed by atoms with Crippen LogP contribution in [-0.4, -0.2) is 36.5 Å². The fourth-order valence-electron chi connectivity index (χ4n) is 1.74. The highest BCUT2D eigenvalue weighted by Gasteiger charge is 2.06. The fraction of sp³-hybridized carbons (Fsp3) is 0.667. The van der Waals surface area contributed by atoms with E-state index in [9.17, 15) is 4.79 Å². The number of nitrogens with one attached hydrogen (secondary N) is 3. The van der Waals surface area contributed by atoms with Gasteiger partial charge in [0.25, 0.3) is 0 Å². The zero-order valence-corrected chi connectivity index (χ0v) is 14.0. The summed E-state index contributed by atoms with van der Waals surface area (Å²) in [7, 11) is 0. The summed E-state index contributed by atoms with van der Waals surface area (Å²) in [6, 6.07) is 0. The molecule has 1 heterocycles. The molecule has 1 aromatic heterocycles. The highest BCUT2D eigenvalue weighted by Crippen LogP contribution is 2.08. The Bertz CT molecular complexity index is 477. The van der Waals surface area contributed by atoms with Gasteiger partial charge < -0.3 is 20.4 Å². The van der Waals surface area contributed by atoms with E-state index >= 15 is 0 Å². The fourth-order valence-corrected chi connectivity index (χ4v) is 1.74. The molecule has 0 aliphatic carbocycles. The largest absolute Gasteiger partial charge is 0.444 e. The molecule has 0 atom stereocenters. The molecule has 0 unspecified atom stereocenters. The number of aryl methyl sites for hydroxylation is 2. The van der Waals surface area contributed by atoms with Crippen molar-refractivity contribution in [2.45, 2.75) is 47.1 Å². The standard InChI is InChI=1S/C15H27N5O2/c1-5-8-17-13(21)7-9-18-15(16-6-2)19-10-14-20-11(3)12(4)22-14/h5-10H2,1-4H3,(H,17,21)(H2,16,18,19). The highest BCUT2D eigenvalue weighted by atomic mass is 16.4. The van der Waals surface area contributed by atoms with Gasteiger partial charge in [-0.2, -0.15) is 0 Å². The number of hydrogen-bond donors (Lipinski definition) is 3. The molecule has 7 heteroatoms. The molecule has 0 radical (unpaired) electrons. The lowest BCUT2D eigenvalue weighted by Crippen LogP contribution is -2.39. The summed E-state index contributed by atoms with van der Waals surface area (Å²) in [4.78, 5) is 20.2. The van der Waals surface area contributed by atoms with Gasteiger partial charge in [-0.3, -0.25) is 4.79 Å². The molecule has 0 saturated carbocycles. The molecule has 0 spiro atoms. The quantitative estimate of drug-likeness (QED) is 0.497. The van der Waals surface area contributed by atoms with Crippen molar-refractivity contribution in [2.24, 2.45) is 4.99 Å². The average molecular weight is 309 g/mol. The highest BCUT2D eigenvalue weighted by molar-refractivity contribution is 5.81. The second kappa shape index (κ2) is 9.81. The first-order valence-corrected chi connectivity index (χ1v) is 7.78. The molecular weight excluding hydrogens is 282 g/mol. The van der Waals surface area contributed by atoms with Crippen molar-refractivity contribution in [1.82, 2.24) is 20.9 Å². The number of carbonyl (C=O) groups is 1. The van der Waals surface area contributed by atoms with Crippen LogP contribution >= 0.6 is 0 Å². The number of amides is 1. The number of hydrogen-bond acceptors (Lipinski definition) is 4. The number of oxazole rings is 1. The maximum atomic E-state index is 11.5. The van der Waals surface area contributed by atoms with Crippen LogP contribution in [0.2, 0.25) is 0 Å². The van der Waals surface area contributed by atoms with Gasteiger partial charge in [-0.05, 0) is 27.2 Å². The maximum absolute atomic E-state index is 11.5. The van der Waals surface area contributed by atoms with Crippen LogP contribution in [0.5, 0.6) is 0 Å². The zero-order valence-electron chi connectivity index (χ0n) is 14.0. The normalized spacial score (nSPS) is 11.4. The smallest absolute Gasteiger partial charge is 0.221 e. The van der Waals surface area contributed by atoms with Gasteiger partial charge in [0.05, 0.1) is 5.69 Å². The summed E-state index contributed by atoms with van der Waals surface area (Å²) >= 11 is 0. The van der Waals surface area contributed by atoms with E-state index < -0.39 is 0 Å². The summed E-state index contributed by atoms with van der Waals surface area (Å²) < 4.78 is 5.49. The lowest BCUT2D eigenvalue weighted by atomic mass is 10.4. The van der Waals surface area contributed by atoms with Gasteiger partial charge in [0, 0.05) is 26.1 Å². The minimum Gasteiger partial charge on any atom is -0.444 e. The van der Waals surface area contributed by atoms with Crippen molar-refractivity contribution in [3.05, 3.63) is 17.3 Å². The molecule has 0 saturated heterocycles. The van der Waals surface area contributed by atoms with Crippen LogP contribution in [0, 0.1) is 13.8 Å². The second-order valence-electron chi connectivity index (χ2n) is 4.97. The Morgan fingerprint density at radius 1 is 1.18 bits per heavy atom. The van der Waals surface area contributed by atoms with E-state index in [1.54, 1.807) is 0 Å². The van der Waals surface area contributed by atoms with Crippen LogP contribution in [0.25, 0.3) is 0 Å². The van der Waals surface area contributed by atoms with Crippen LogP contribution in [0.3, 0.4) is 0 Å². The van der Waals surface area contributed by atoms with Gasteiger partial charge in [-0.25, -0.2) is 9.98 Å². The van der Waals surface area contributed by atoms with Crippen molar-refractivity contribution in [3.63, 3.8) is 0 Å². The van der Waals surface area contributed by atoms with Crippen molar-refractivity contribution >= 4 is 11.9 Å². The lowest BCUT2D eigenvalue weighted by Gasteiger charge is -2.10. The summed E-state index contributed by atoms with van der Waals surface area (Å²) in [5.74, 6) is 2.10. The first kappa shape index (κ1) is 18.0. The number of nitrogens with zero attached hydrogens (tertiary/aromatic N) is 2. The van der Waals surface area contributed by atoms with E-state index in [2.05, 4.69) is 25.9 Å². The van der Waals surface area contributed by atoms with Crippen LogP contribution in [0.1, 0.15) is 44.0 Å². The maximum Gasteiger partial charge on any atom is 0.221 e. The molecule has 1 amide bonds. The van der Waals surface area contributed by atoms with E-state index in [1.165, 1.54) is 0 Å². The Morgan fingerprint density at radius 2 is 1.95 bits per heavy atom. The molecule has 1 aromatic rings. The van der Waals surface area contributed by atoms with E-state index in [0.29, 0.717) is 31.4 Å². The summed E-state index contributed by atoms with van der Waals surface area (Å²) in [6.45, 7) is 10.2. The minimum absolute atomic E-state index is 0.0455. The minimum atomic E-state index is 0.0455. The van der Waals surface area contributed by atoms with E-state index in [4.69, 9.17) is 4.42 Å². The second-order valence-corrected chi connectivity index (χ2v) is 4.97. The predicted octanol–water partition coefficient (Wildman–Crippen LogP) is 1.26. The monoisotopic (exact) mass is 309 g/mol. The van der Waals surface area contributed by atoms with Crippen LogP contribution in [0.15, 0.2) is 9.41 Å². The third-order valence-electron chi connectivity index (χ3n) is 3.01. The molecular formula is C15H27N5O2. The topological polar surface area (TPSA) is 91.5 Å². The molecule has 0 aliphatic heterocycles. The van der Waals surface area contributed by atoms with Crippen LogP contribution in [0.4, 0.5) is 0 Å². The third-order valence-corrected chi connectivity index (χ3v) is 3.01. The van der Waals surface area contributed by atoms with Gasteiger partial charge >= 0.3 is 0 Å². The Labute approximate surface area is 132 Å². The lowest BCUT2D eigenvalue weighted by molar-refractivity contribution is -0.120. The number of aromatic nitrogens is 1. The molecule has 1 rings (SSSR count). The molecule has 0 bridgehead atoms. The van der Waals surface area contributed by atoms with E-state index in [0.717, 1.165) is 31.0 Å². The molecule has 22 heavy (non-hydrogen) atoms. The summed E-state index contributed by atoms with van der Waals surface area (Å²) in [6.07, 6.45) is 1.36. The molecule has 3 N–H and O–H groups in total. The predicted molar refractivity (Wildman–Crippen MR) is 86.7 cm³/mol. The van der Waals surface area contributed by atoms with Gasteiger partial charge in [-0.15, -0.1) is 0 Å². The van der Waals surface area contributed by atoms with Gasteiger partial charge in [0.2, 0.25) is 11.8 Å². The Hall–Kier alpha value is -2.05. The summed E-state index contributed by atoms with van der Waals surface area (Å²) in [5, 5.41) is 9.10. The van der Waals surface area contributed by atoms with Crippen molar-refractivity contribution < 1.29 is 9.21 Å². The average Bonchev–Trinajstić information content (AvgIpc) is 2.81. The van der Waals surface area contributed by atoms with E-state index in [1.807, 2.05) is 27.7 Å². The zero-order chi connectivity index (χ0) is 16.4. The van der Waals surface area contributed by atoms with Crippen LogP contribution in [-0.2, 0) is 11.3 Å². The van der Waals surface area contributed by atoms with Gasteiger partial charge in [0.1, 0.15) is 12.3 Å². The van der Waals surface area contributed by atoms with E-state index in [-0.39, 0.29) is 5.91 Å². The Balaban J connectivity index is 2.43. The Kier molecular flexibility index (Phi) is 8.03. The van der Waals surface area contributed by atoms with Crippen molar-refractivity contribution in [2.75, 3.05) is 19.6 Å². The van der Waals surface area contributed by atoms with Crippen molar-refractivity contribution in [3.8, 4) is 0 Å². The number of carbonyl (C=O) groups excluding carboxylic acids is 1.